The van der Waals surface area contributed by atoms with E-state index < -0.39 is 23.5 Å². The Morgan fingerprint density at radius 1 is 1.36 bits per heavy atom. The van der Waals surface area contributed by atoms with Crippen LogP contribution in [0.4, 0.5) is 0 Å². The number of carboxylic acids is 1. The van der Waals surface area contributed by atoms with Crippen molar-refractivity contribution >= 4 is 17.8 Å². The van der Waals surface area contributed by atoms with Crippen molar-refractivity contribution in [2.24, 2.45) is 5.41 Å². The monoisotopic (exact) mass is 314 g/mol. The molecule has 2 N–H and O–H groups in total. The van der Waals surface area contributed by atoms with Gasteiger partial charge >= 0.3 is 5.97 Å². The second kappa shape index (κ2) is 7.09. The molecule has 1 aliphatic heterocycles. The van der Waals surface area contributed by atoms with E-state index in [-0.39, 0.29) is 24.3 Å². The average Bonchev–Trinajstić information content (AvgIpc) is 2.78. The molecule has 0 aromatic rings. The lowest BCUT2D eigenvalue weighted by atomic mass is 9.95. The number of carbonyl (C=O) groups excluding carboxylic acids is 2. The van der Waals surface area contributed by atoms with Gasteiger partial charge in [-0.25, -0.2) is 0 Å². The third-order valence-electron chi connectivity index (χ3n) is 3.80. The Morgan fingerprint density at radius 2 is 1.95 bits per heavy atom. The first-order valence-corrected chi connectivity index (χ1v) is 7.42. The predicted molar refractivity (Wildman–Crippen MR) is 80.2 cm³/mol. The van der Waals surface area contributed by atoms with Gasteiger partial charge in [0.1, 0.15) is 6.04 Å². The van der Waals surface area contributed by atoms with Crippen molar-refractivity contribution in [3.05, 3.63) is 0 Å². The second-order valence-corrected chi connectivity index (χ2v) is 6.78. The van der Waals surface area contributed by atoms with Crippen LogP contribution >= 0.6 is 0 Å². The quantitative estimate of drug-likeness (QED) is 0.776. The van der Waals surface area contributed by atoms with E-state index in [1.807, 2.05) is 0 Å². The topological polar surface area (TPSA) is 95.9 Å². The van der Waals surface area contributed by atoms with Crippen molar-refractivity contribution in [3.8, 4) is 0 Å². The summed E-state index contributed by atoms with van der Waals surface area (Å²) in [5.41, 5.74) is -0.588. The maximum atomic E-state index is 12.5. The SMILES string of the molecule is COC1CC(CC(=O)O)N(C(=O)C(C)NC(=O)C(C)(C)C)C1. The smallest absolute Gasteiger partial charge is 0.305 e. The van der Waals surface area contributed by atoms with E-state index in [2.05, 4.69) is 5.32 Å². The zero-order chi connectivity index (χ0) is 17.1. The third kappa shape index (κ3) is 4.69. The van der Waals surface area contributed by atoms with Crippen LogP contribution in [0.1, 0.15) is 40.5 Å². The Labute approximate surface area is 131 Å². The van der Waals surface area contributed by atoms with Gasteiger partial charge < -0.3 is 20.1 Å². The summed E-state index contributed by atoms with van der Waals surface area (Å²) in [6.45, 7) is 7.27. The molecule has 1 fully saturated rings. The number of carbonyl (C=O) groups is 3. The van der Waals surface area contributed by atoms with Crippen molar-refractivity contribution in [2.75, 3.05) is 13.7 Å². The molecule has 7 nitrogen and oxygen atoms in total. The van der Waals surface area contributed by atoms with Gasteiger partial charge in [0.2, 0.25) is 11.8 Å². The molecule has 0 aliphatic carbocycles. The molecule has 1 heterocycles. The summed E-state index contributed by atoms with van der Waals surface area (Å²) in [6.07, 6.45) is 0.207. The molecule has 3 unspecified atom stereocenters. The van der Waals surface area contributed by atoms with Crippen LogP contribution in [0.2, 0.25) is 0 Å². The van der Waals surface area contributed by atoms with Gasteiger partial charge in [-0.3, -0.25) is 14.4 Å². The molecule has 126 valence electrons. The molecule has 0 aromatic heterocycles. The van der Waals surface area contributed by atoms with Crippen LogP contribution in [-0.4, -0.2) is 59.6 Å². The minimum atomic E-state index is -0.953. The van der Waals surface area contributed by atoms with Crippen molar-refractivity contribution in [2.45, 2.75) is 58.7 Å². The van der Waals surface area contributed by atoms with Crippen LogP contribution in [0.15, 0.2) is 0 Å². The lowest BCUT2D eigenvalue weighted by molar-refractivity contribution is -0.142. The summed E-state index contributed by atoms with van der Waals surface area (Å²) in [7, 11) is 1.54. The molecule has 0 spiro atoms. The molecule has 0 bridgehead atoms. The van der Waals surface area contributed by atoms with Crippen molar-refractivity contribution in [1.29, 1.82) is 0 Å². The first-order valence-electron chi connectivity index (χ1n) is 7.42. The van der Waals surface area contributed by atoms with E-state index in [4.69, 9.17) is 9.84 Å². The number of aliphatic carboxylic acids is 1. The second-order valence-electron chi connectivity index (χ2n) is 6.78. The minimum absolute atomic E-state index is 0.120. The molecule has 0 radical (unpaired) electrons. The van der Waals surface area contributed by atoms with Crippen LogP contribution in [-0.2, 0) is 19.1 Å². The Balaban J connectivity index is 2.76. The van der Waals surface area contributed by atoms with Gasteiger partial charge in [-0.15, -0.1) is 0 Å². The lowest BCUT2D eigenvalue weighted by Gasteiger charge is -2.28. The van der Waals surface area contributed by atoms with Crippen LogP contribution < -0.4 is 5.32 Å². The molecule has 3 atom stereocenters. The van der Waals surface area contributed by atoms with E-state index >= 15 is 0 Å². The number of nitrogens with one attached hydrogen (secondary N) is 1. The van der Waals surface area contributed by atoms with E-state index in [1.54, 1.807) is 34.8 Å². The van der Waals surface area contributed by atoms with Crippen molar-refractivity contribution < 1.29 is 24.2 Å². The van der Waals surface area contributed by atoms with Gasteiger partial charge in [0.05, 0.1) is 12.5 Å². The van der Waals surface area contributed by atoms with Crippen LogP contribution in [0.3, 0.4) is 0 Å². The summed E-state index contributed by atoms with van der Waals surface area (Å²) in [5, 5.41) is 11.7. The summed E-state index contributed by atoms with van der Waals surface area (Å²) >= 11 is 0. The number of amides is 2. The highest BCUT2D eigenvalue weighted by molar-refractivity contribution is 5.89. The molecule has 22 heavy (non-hydrogen) atoms. The highest BCUT2D eigenvalue weighted by atomic mass is 16.5. The van der Waals surface area contributed by atoms with E-state index in [1.165, 1.54) is 4.90 Å². The maximum absolute atomic E-state index is 12.5. The molecular weight excluding hydrogens is 288 g/mol. The Morgan fingerprint density at radius 3 is 2.41 bits per heavy atom. The van der Waals surface area contributed by atoms with Crippen LogP contribution in [0, 0.1) is 5.41 Å². The van der Waals surface area contributed by atoms with Gasteiger partial charge in [-0.2, -0.15) is 0 Å². The Bertz CT molecular complexity index is 444. The largest absolute Gasteiger partial charge is 0.481 e. The molecule has 1 aliphatic rings. The fraction of sp³-hybridized carbons (Fsp3) is 0.800. The number of likely N-dealkylation sites (tertiary alicyclic amines) is 1. The molecule has 1 rings (SSSR count). The molecule has 2 amide bonds. The highest BCUT2D eigenvalue weighted by Gasteiger charge is 2.38. The van der Waals surface area contributed by atoms with Gasteiger partial charge in [0.25, 0.3) is 0 Å². The number of carboxylic acid groups (broad SMARTS) is 1. The molecule has 0 aromatic carbocycles. The molecular formula is C15H26N2O5. The highest BCUT2D eigenvalue weighted by Crippen LogP contribution is 2.23. The van der Waals surface area contributed by atoms with Gasteiger partial charge in [0, 0.05) is 25.1 Å². The number of hydrogen-bond acceptors (Lipinski definition) is 4. The maximum Gasteiger partial charge on any atom is 0.305 e. The minimum Gasteiger partial charge on any atom is -0.481 e. The first-order chi connectivity index (χ1) is 10.1. The summed E-state index contributed by atoms with van der Waals surface area (Å²) < 4.78 is 5.24. The van der Waals surface area contributed by atoms with Gasteiger partial charge in [-0.05, 0) is 13.3 Å². The summed E-state index contributed by atoms with van der Waals surface area (Å²) in [4.78, 5) is 37.0. The zero-order valence-electron chi connectivity index (χ0n) is 13.9. The van der Waals surface area contributed by atoms with Crippen LogP contribution in [0.5, 0.6) is 0 Å². The predicted octanol–water partition coefficient (Wildman–Crippen LogP) is 0.628. The fourth-order valence-electron chi connectivity index (χ4n) is 2.43. The first kappa shape index (κ1) is 18.4. The van der Waals surface area contributed by atoms with Gasteiger partial charge in [-0.1, -0.05) is 20.8 Å². The number of nitrogens with zero attached hydrogens (tertiary/aromatic N) is 1. The fourth-order valence-corrected chi connectivity index (χ4v) is 2.43. The number of methoxy groups -OCH3 is 1. The number of ether oxygens (including phenoxy) is 1. The third-order valence-corrected chi connectivity index (χ3v) is 3.80. The normalized spacial score (nSPS) is 23.2. The van der Waals surface area contributed by atoms with E-state index in [0.29, 0.717) is 13.0 Å². The van der Waals surface area contributed by atoms with E-state index in [0.717, 1.165) is 0 Å². The Hall–Kier alpha value is -1.63. The zero-order valence-corrected chi connectivity index (χ0v) is 13.9. The van der Waals surface area contributed by atoms with Crippen molar-refractivity contribution in [3.63, 3.8) is 0 Å². The molecule has 1 saturated heterocycles. The van der Waals surface area contributed by atoms with Crippen molar-refractivity contribution in [1.82, 2.24) is 10.2 Å². The van der Waals surface area contributed by atoms with Gasteiger partial charge in [0.15, 0.2) is 0 Å². The standard InChI is InChI=1S/C15H26N2O5/c1-9(16-14(21)15(2,3)4)13(20)17-8-11(22-5)6-10(17)7-12(18)19/h9-11H,6-8H2,1-5H3,(H,16,21)(H,18,19). The number of rotatable bonds is 5. The lowest BCUT2D eigenvalue weighted by Crippen LogP contribution is -2.51. The summed E-state index contributed by atoms with van der Waals surface area (Å²) in [6, 6.07) is -1.09. The number of hydrogen-bond donors (Lipinski definition) is 2. The van der Waals surface area contributed by atoms with Crippen LogP contribution in [0.25, 0.3) is 0 Å². The Kier molecular flexibility index (Phi) is 5.93. The summed E-state index contributed by atoms with van der Waals surface area (Å²) in [5.74, 6) is -1.44. The molecule has 7 heteroatoms. The average molecular weight is 314 g/mol. The molecule has 0 saturated carbocycles. The van der Waals surface area contributed by atoms with E-state index in [9.17, 15) is 14.4 Å².